The average molecular weight is 364 g/mol. The molecule has 0 spiro atoms. The Morgan fingerprint density at radius 2 is 1.88 bits per heavy atom. The smallest absolute Gasteiger partial charge is 0.239 e. The van der Waals surface area contributed by atoms with Gasteiger partial charge in [-0.2, -0.15) is 4.98 Å². The maximum atomic E-state index is 6.14. The number of nitrogen functional groups attached to an aromatic ring is 1. The predicted molar refractivity (Wildman–Crippen MR) is 98.6 cm³/mol. The van der Waals surface area contributed by atoms with E-state index in [1.165, 1.54) is 16.6 Å². The number of hydrogen-bond acceptors (Lipinski definition) is 8. The van der Waals surface area contributed by atoms with E-state index < -0.39 is 0 Å². The van der Waals surface area contributed by atoms with E-state index in [4.69, 9.17) is 10.3 Å². The van der Waals surface area contributed by atoms with Crippen molar-refractivity contribution in [3.8, 4) is 0 Å². The molecule has 0 fully saturated rings. The van der Waals surface area contributed by atoms with Crippen LogP contribution in [0.1, 0.15) is 55.1 Å². The fourth-order valence-corrected chi connectivity index (χ4v) is 4.13. The van der Waals surface area contributed by atoms with Gasteiger partial charge in [0.1, 0.15) is 10.6 Å². The van der Waals surface area contributed by atoms with Crippen LogP contribution in [0.5, 0.6) is 0 Å². The third-order valence-corrected chi connectivity index (χ3v) is 5.83. The topological polar surface area (TPSA) is 90.7 Å². The summed E-state index contributed by atoms with van der Waals surface area (Å²) >= 11 is 3.11. The van der Waals surface area contributed by atoms with E-state index in [1.807, 2.05) is 6.92 Å². The van der Waals surface area contributed by atoms with Gasteiger partial charge in [0.05, 0.1) is 10.6 Å². The van der Waals surface area contributed by atoms with Crippen LogP contribution in [-0.2, 0) is 5.41 Å². The van der Waals surface area contributed by atoms with Gasteiger partial charge in [0, 0.05) is 10.3 Å². The molecule has 1 atom stereocenters. The molecule has 24 heavy (non-hydrogen) atoms. The van der Waals surface area contributed by atoms with Gasteiger partial charge in [-0.15, -0.1) is 11.3 Å². The van der Waals surface area contributed by atoms with Crippen molar-refractivity contribution in [3.05, 3.63) is 22.2 Å². The Hall–Kier alpha value is -1.67. The van der Waals surface area contributed by atoms with Crippen LogP contribution in [0, 0.1) is 13.8 Å². The molecule has 0 bridgehead atoms. The van der Waals surface area contributed by atoms with Crippen LogP contribution >= 0.6 is 23.1 Å². The lowest BCUT2D eigenvalue weighted by atomic mass is 9.96. The van der Waals surface area contributed by atoms with Gasteiger partial charge in [0.25, 0.3) is 0 Å². The maximum Gasteiger partial charge on any atom is 0.239 e. The van der Waals surface area contributed by atoms with Gasteiger partial charge in [-0.25, -0.2) is 9.97 Å². The molecule has 0 radical (unpaired) electrons. The van der Waals surface area contributed by atoms with Gasteiger partial charge in [0.2, 0.25) is 5.89 Å². The molecule has 1 unspecified atom stereocenters. The number of nitrogens with zero attached hydrogens (tertiary/aromatic N) is 4. The van der Waals surface area contributed by atoms with E-state index in [0.717, 1.165) is 15.8 Å². The first-order valence-corrected chi connectivity index (χ1v) is 9.40. The monoisotopic (exact) mass is 363 g/mol. The first-order chi connectivity index (χ1) is 11.2. The summed E-state index contributed by atoms with van der Waals surface area (Å²) in [7, 11) is 0. The molecule has 0 aromatic carbocycles. The molecule has 8 heteroatoms. The van der Waals surface area contributed by atoms with Crippen LogP contribution in [0.4, 0.5) is 5.82 Å². The highest BCUT2D eigenvalue weighted by Crippen LogP contribution is 2.37. The van der Waals surface area contributed by atoms with Crippen molar-refractivity contribution < 1.29 is 4.52 Å². The number of nitrogens with two attached hydrogens (primary N) is 1. The molecule has 3 heterocycles. The molecule has 0 aliphatic rings. The fraction of sp³-hybridized carbons (Fsp3) is 0.500. The number of rotatable bonds is 3. The molecule has 3 aromatic heterocycles. The molecule has 0 saturated heterocycles. The van der Waals surface area contributed by atoms with E-state index >= 15 is 0 Å². The minimum Gasteiger partial charge on any atom is -0.383 e. The van der Waals surface area contributed by atoms with Gasteiger partial charge in [0.15, 0.2) is 11.0 Å². The largest absolute Gasteiger partial charge is 0.383 e. The molecule has 3 aromatic rings. The summed E-state index contributed by atoms with van der Waals surface area (Å²) in [5.74, 6) is 1.80. The minimum absolute atomic E-state index is 0.0485. The number of aromatic nitrogens is 4. The summed E-state index contributed by atoms with van der Waals surface area (Å²) in [5, 5.41) is 5.61. The zero-order chi connectivity index (χ0) is 17.6. The van der Waals surface area contributed by atoms with Crippen LogP contribution in [0.25, 0.3) is 10.2 Å². The molecule has 0 amide bonds. The van der Waals surface area contributed by atoms with Gasteiger partial charge < -0.3 is 10.3 Å². The normalized spacial score (nSPS) is 13.6. The van der Waals surface area contributed by atoms with Crippen molar-refractivity contribution in [2.75, 3.05) is 5.73 Å². The first-order valence-electron chi connectivity index (χ1n) is 7.70. The number of fused-ring (bicyclic) bond motifs is 1. The summed E-state index contributed by atoms with van der Waals surface area (Å²) in [6, 6.07) is 0. The number of aryl methyl sites for hydroxylation is 2. The van der Waals surface area contributed by atoms with Crippen LogP contribution in [0.15, 0.2) is 9.68 Å². The van der Waals surface area contributed by atoms with Crippen molar-refractivity contribution in [1.82, 2.24) is 20.1 Å². The third-order valence-electron chi connectivity index (χ3n) is 3.78. The summed E-state index contributed by atoms with van der Waals surface area (Å²) < 4.78 is 5.40. The molecule has 128 valence electrons. The summed E-state index contributed by atoms with van der Waals surface area (Å²) in [6.45, 7) is 12.3. The molecular weight excluding hydrogens is 342 g/mol. The molecular formula is C16H21N5OS2. The van der Waals surface area contributed by atoms with E-state index in [-0.39, 0.29) is 10.7 Å². The quantitative estimate of drug-likeness (QED) is 0.544. The predicted octanol–water partition coefficient (Wildman–Crippen LogP) is 4.42. The van der Waals surface area contributed by atoms with E-state index in [0.29, 0.717) is 22.7 Å². The third kappa shape index (κ3) is 3.12. The highest BCUT2D eigenvalue weighted by atomic mass is 32.2. The van der Waals surface area contributed by atoms with Gasteiger partial charge >= 0.3 is 0 Å². The van der Waals surface area contributed by atoms with Crippen molar-refractivity contribution in [2.45, 2.75) is 57.4 Å². The lowest BCUT2D eigenvalue weighted by Gasteiger charge is -2.11. The Balaban J connectivity index is 1.88. The Bertz CT molecular complexity index is 894. The summed E-state index contributed by atoms with van der Waals surface area (Å²) in [4.78, 5) is 15.7. The van der Waals surface area contributed by atoms with E-state index in [9.17, 15) is 0 Å². The van der Waals surface area contributed by atoms with Crippen LogP contribution in [0.2, 0.25) is 0 Å². The Labute approximate surface area is 149 Å². The lowest BCUT2D eigenvalue weighted by Crippen LogP contribution is -2.13. The standard InChI is InChI=1S/C16H21N5OS2/c1-7-8(2)23-13-10(7)11(17)18-15(20-13)24-9(3)12-19-14(21-22-12)16(4,5)6/h9H,1-6H3,(H2,17,18,20). The number of thioether (sulfide) groups is 1. The van der Waals surface area contributed by atoms with Crippen molar-refractivity contribution >= 4 is 39.1 Å². The first kappa shape index (κ1) is 17.2. The Morgan fingerprint density at radius 1 is 1.17 bits per heavy atom. The Kier molecular flexibility index (Phi) is 4.29. The van der Waals surface area contributed by atoms with Gasteiger partial charge in [-0.05, 0) is 26.3 Å². The minimum atomic E-state index is -0.141. The maximum absolute atomic E-state index is 6.14. The highest BCUT2D eigenvalue weighted by Gasteiger charge is 2.24. The summed E-state index contributed by atoms with van der Waals surface area (Å²) in [5.41, 5.74) is 7.15. The zero-order valence-corrected chi connectivity index (χ0v) is 16.3. The molecule has 0 aliphatic heterocycles. The molecule has 0 aliphatic carbocycles. The van der Waals surface area contributed by atoms with Crippen LogP contribution in [-0.4, -0.2) is 20.1 Å². The van der Waals surface area contributed by atoms with Gasteiger partial charge in [-0.1, -0.05) is 37.7 Å². The lowest BCUT2D eigenvalue weighted by molar-refractivity contribution is 0.364. The second-order valence-corrected chi connectivity index (χ2v) is 9.33. The Morgan fingerprint density at radius 3 is 2.50 bits per heavy atom. The summed E-state index contributed by atoms with van der Waals surface area (Å²) in [6.07, 6.45) is 0. The highest BCUT2D eigenvalue weighted by molar-refractivity contribution is 7.99. The number of thiophene rings is 1. The molecule has 2 N–H and O–H groups in total. The van der Waals surface area contributed by atoms with E-state index in [1.54, 1.807) is 11.3 Å². The fourth-order valence-electron chi connectivity index (χ4n) is 2.23. The zero-order valence-electron chi connectivity index (χ0n) is 14.7. The van der Waals surface area contributed by atoms with Crippen molar-refractivity contribution in [3.63, 3.8) is 0 Å². The number of hydrogen-bond donors (Lipinski definition) is 1. The van der Waals surface area contributed by atoms with E-state index in [2.05, 4.69) is 54.7 Å². The molecule has 3 rings (SSSR count). The SMILES string of the molecule is Cc1sc2nc(SC(C)c3nc(C(C)(C)C)no3)nc(N)c2c1C. The molecule has 6 nitrogen and oxygen atoms in total. The second-order valence-electron chi connectivity index (χ2n) is 6.82. The van der Waals surface area contributed by atoms with Crippen molar-refractivity contribution in [2.24, 2.45) is 0 Å². The number of anilines is 1. The molecule has 0 saturated carbocycles. The second kappa shape index (κ2) is 6.00. The van der Waals surface area contributed by atoms with Crippen molar-refractivity contribution in [1.29, 1.82) is 0 Å². The van der Waals surface area contributed by atoms with Crippen LogP contribution in [0.3, 0.4) is 0 Å². The average Bonchev–Trinajstić information content (AvgIpc) is 3.05. The van der Waals surface area contributed by atoms with Crippen LogP contribution < -0.4 is 5.73 Å². The van der Waals surface area contributed by atoms with Gasteiger partial charge in [-0.3, -0.25) is 0 Å².